The molecule has 0 bridgehead atoms. The van der Waals surface area contributed by atoms with Gasteiger partial charge in [-0.3, -0.25) is 4.79 Å². The lowest BCUT2D eigenvalue weighted by Gasteiger charge is -2.12. The largest absolute Gasteiger partial charge is 0.497 e. The summed E-state index contributed by atoms with van der Waals surface area (Å²) in [6.45, 7) is 2.03. The van der Waals surface area contributed by atoms with Crippen LogP contribution in [0.5, 0.6) is 17.2 Å². The van der Waals surface area contributed by atoms with E-state index in [1.807, 2.05) is 24.3 Å². The van der Waals surface area contributed by atoms with Crippen LogP contribution in [-0.4, -0.2) is 37.3 Å². The Morgan fingerprint density at radius 3 is 2.38 bits per heavy atom. The first-order chi connectivity index (χ1) is 12.5. The topological polar surface area (TPSA) is 94.1 Å². The number of rotatable bonds is 9. The zero-order chi connectivity index (χ0) is 18.9. The molecule has 0 heterocycles. The van der Waals surface area contributed by atoms with Crippen LogP contribution in [0.4, 0.5) is 0 Å². The van der Waals surface area contributed by atoms with E-state index in [2.05, 4.69) is 5.32 Å². The van der Waals surface area contributed by atoms with Crippen molar-refractivity contribution in [2.45, 2.75) is 13.5 Å². The van der Waals surface area contributed by atoms with E-state index in [9.17, 15) is 9.59 Å². The molecule has 2 aromatic carbocycles. The van der Waals surface area contributed by atoms with Crippen molar-refractivity contribution in [1.82, 2.24) is 5.32 Å². The molecule has 0 aromatic heterocycles. The van der Waals surface area contributed by atoms with Gasteiger partial charge >= 0.3 is 5.97 Å². The second-order valence-electron chi connectivity index (χ2n) is 5.31. The van der Waals surface area contributed by atoms with Crippen molar-refractivity contribution in [2.75, 3.05) is 20.3 Å². The highest BCUT2D eigenvalue weighted by Gasteiger charge is 2.12. The standard InChI is InChI=1S/C19H21NO6/c1-3-25-17-10-14(6-9-16(17)26-12-18(21)22)19(23)20-11-13-4-7-15(24-2)8-5-13/h4-10H,3,11-12H2,1-2H3,(H,20,23)(H,21,22). The molecule has 0 aliphatic carbocycles. The maximum Gasteiger partial charge on any atom is 0.341 e. The molecule has 0 atom stereocenters. The number of carbonyl (C=O) groups excluding carboxylic acids is 1. The van der Waals surface area contributed by atoms with E-state index in [0.717, 1.165) is 11.3 Å². The molecule has 0 radical (unpaired) electrons. The molecular weight excluding hydrogens is 338 g/mol. The molecule has 26 heavy (non-hydrogen) atoms. The summed E-state index contributed by atoms with van der Waals surface area (Å²) >= 11 is 0. The first-order valence-electron chi connectivity index (χ1n) is 8.06. The number of hydrogen-bond acceptors (Lipinski definition) is 5. The number of hydrogen-bond donors (Lipinski definition) is 2. The van der Waals surface area contributed by atoms with Crippen molar-refractivity contribution in [2.24, 2.45) is 0 Å². The van der Waals surface area contributed by atoms with Crippen LogP contribution in [0.25, 0.3) is 0 Å². The number of amides is 1. The molecule has 7 nitrogen and oxygen atoms in total. The second-order valence-corrected chi connectivity index (χ2v) is 5.31. The molecule has 0 aliphatic rings. The smallest absolute Gasteiger partial charge is 0.341 e. The number of carboxylic acids is 1. The van der Waals surface area contributed by atoms with Crippen molar-refractivity contribution in [1.29, 1.82) is 0 Å². The summed E-state index contributed by atoms with van der Waals surface area (Å²) in [5.74, 6) is -0.00880. The SMILES string of the molecule is CCOc1cc(C(=O)NCc2ccc(OC)cc2)ccc1OCC(=O)O. The van der Waals surface area contributed by atoms with Crippen LogP contribution in [0.3, 0.4) is 0 Å². The minimum atomic E-state index is -1.09. The molecule has 0 aliphatic heterocycles. The van der Waals surface area contributed by atoms with E-state index in [0.29, 0.717) is 24.5 Å². The Hall–Kier alpha value is -3.22. The van der Waals surface area contributed by atoms with Crippen molar-refractivity contribution in [3.8, 4) is 17.2 Å². The fourth-order valence-electron chi connectivity index (χ4n) is 2.20. The van der Waals surface area contributed by atoms with Crippen LogP contribution in [0, 0.1) is 0 Å². The number of aliphatic carboxylic acids is 1. The molecule has 2 rings (SSSR count). The third-order valence-corrected chi connectivity index (χ3v) is 3.47. The molecule has 0 unspecified atom stereocenters. The lowest BCUT2D eigenvalue weighted by atomic mass is 10.1. The monoisotopic (exact) mass is 359 g/mol. The molecule has 0 saturated carbocycles. The fourth-order valence-corrected chi connectivity index (χ4v) is 2.20. The summed E-state index contributed by atoms with van der Waals surface area (Å²) < 4.78 is 15.7. The van der Waals surface area contributed by atoms with Gasteiger partial charge in [-0.15, -0.1) is 0 Å². The first kappa shape index (κ1) is 19.1. The van der Waals surface area contributed by atoms with Gasteiger partial charge in [0.05, 0.1) is 13.7 Å². The summed E-state index contributed by atoms with van der Waals surface area (Å²) in [7, 11) is 1.59. The number of methoxy groups -OCH3 is 1. The Morgan fingerprint density at radius 2 is 1.77 bits per heavy atom. The summed E-state index contributed by atoms with van der Waals surface area (Å²) in [6, 6.07) is 12.0. The molecule has 2 aromatic rings. The highest BCUT2D eigenvalue weighted by molar-refractivity contribution is 5.94. The van der Waals surface area contributed by atoms with Gasteiger partial charge in [-0.05, 0) is 42.8 Å². The summed E-state index contributed by atoms with van der Waals surface area (Å²) in [6.07, 6.45) is 0. The number of carboxylic acid groups (broad SMARTS) is 1. The zero-order valence-electron chi connectivity index (χ0n) is 14.7. The molecule has 138 valence electrons. The third-order valence-electron chi connectivity index (χ3n) is 3.47. The maximum atomic E-state index is 12.3. The molecular formula is C19H21NO6. The molecule has 0 spiro atoms. The van der Waals surface area contributed by atoms with Crippen molar-refractivity contribution in [3.05, 3.63) is 53.6 Å². The highest BCUT2D eigenvalue weighted by atomic mass is 16.5. The summed E-state index contributed by atoms with van der Waals surface area (Å²) in [4.78, 5) is 23.0. The average Bonchev–Trinajstić information content (AvgIpc) is 2.65. The minimum absolute atomic E-state index is 0.272. The summed E-state index contributed by atoms with van der Waals surface area (Å²) in [5.41, 5.74) is 1.33. The summed E-state index contributed by atoms with van der Waals surface area (Å²) in [5, 5.41) is 11.5. The van der Waals surface area contributed by atoms with Crippen molar-refractivity contribution >= 4 is 11.9 Å². The number of carbonyl (C=O) groups is 2. The maximum absolute atomic E-state index is 12.3. The number of ether oxygens (including phenoxy) is 3. The van der Waals surface area contributed by atoms with Crippen LogP contribution in [-0.2, 0) is 11.3 Å². The lowest BCUT2D eigenvalue weighted by molar-refractivity contribution is -0.139. The highest BCUT2D eigenvalue weighted by Crippen LogP contribution is 2.28. The van der Waals surface area contributed by atoms with Crippen LogP contribution in [0.2, 0.25) is 0 Å². The zero-order valence-corrected chi connectivity index (χ0v) is 14.7. The van der Waals surface area contributed by atoms with Gasteiger partial charge in [0.25, 0.3) is 5.91 Å². The van der Waals surface area contributed by atoms with Gasteiger partial charge in [-0.2, -0.15) is 0 Å². The minimum Gasteiger partial charge on any atom is -0.497 e. The third kappa shape index (κ3) is 5.41. The molecule has 0 saturated heterocycles. The van der Waals surface area contributed by atoms with Crippen LogP contribution in [0.15, 0.2) is 42.5 Å². The Balaban J connectivity index is 2.04. The van der Waals surface area contributed by atoms with Crippen LogP contribution < -0.4 is 19.5 Å². The van der Waals surface area contributed by atoms with Crippen molar-refractivity contribution < 1.29 is 28.9 Å². The first-order valence-corrected chi connectivity index (χ1v) is 8.06. The number of benzene rings is 2. The predicted molar refractivity (Wildman–Crippen MR) is 94.9 cm³/mol. The van der Waals surface area contributed by atoms with Crippen LogP contribution >= 0.6 is 0 Å². The predicted octanol–water partition coefficient (Wildman–Crippen LogP) is 2.49. The quantitative estimate of drug-likeness (QED) is 0.714. The normalized spacial score (nSPS) is 10.1. The van der Waals surface area contributed by atoms with E-state index < -0.39 is 12.6 Å². The van der Waals surface area contributed by atoms with E-state index in [4.69, 9.17) is 19.3 Å². The molecule has 1 amide bonds. The van der Waals surface area contributed by atoms with Gasteiger partial charge in [0.15, 0.2) is 18.1 Å². The van der Waals surface area contributed by atoms with Crippen LogP contribution in [0.1, 0.15) is 22.8 Å². The van der Waals surface area contributed by atoms with Gasteiger partial charge in [0.1, 0.15) is 5.75 Å². The van der Waals surface area contributed by atoms with E-state index in [1.54, 1.807) is 20.1 Å². The Labute approximate surface area is 151 Å². The van der Waals surface area contributed by atoms with E-state index in [-0.39, 0.29) is 11.7 Å². The molecule has 0 fully saturated rings. The van der Waals surface area contributed by atoms with Gasteiger partial charge in [0.2, 0.25) is 0 Å². The molecule has 2 N–H and O–H groups in total. The van der Waals surface area contributed by atoms with E-state index >= 15 is 0 Å². The number of nitrogens with one attached hydrogen (secondary N) is 1. The fraction of sp³-hybridized carbons (Fsp3) is 0.263. The average molecular weight is 359 g/mol. The Morgan fingerprint density at radius 1 is 1.04 bits per heavy atom. The lowest BCUT2D eigenvalue weighted by Crippen LogP contribution is -2.22. The second kappa shape index (κ2) is 9.31. The van der Waals surface area contributed by atoms with Crippen molar-refractivity contribution in [3.63, 3.8) is 0 Å². The Kier molecular flexibility index (Phi) is 6.84. The van der Waals surface area contributed by atoms with Gasteiger partial charge in [-0.1, -0.05) is 12.1 Å². The Bertz CT molecular complexity index is 757. The van der Waals surface area contributed by atoms with Gasteiger partial charge < -0.3 is 24.6 Å². The van der Waals surface area contributed by atoms with Gasteiger partial charge in [-0.25, -0.2) is 4.79 Å². The molecule has 7 heteroatoms. The van der Waals surface area contributed by atoms with E-state index in [1.165, 1.54) is 12.1 Å². The van der Waals surface area contributed by atoms with Gasteiger partial charge in [0, 0.05) is 12.1 Å².